The summed E-state index contributed by atoms with van der Waals surface area (Å²) < 4.78 is 5.35. The molecule has 0 aromatic rings. The smallest absolute Gasteiger partial charge is 0.227 e. The maximum absolute atomic E-state index is 12.2. The van der Waals surface area contributed by atoms with Gasteiger partial charge in [0.2, 0.25) is 5.91 Å². The van der Waals surface area contributed by atoms with E-state index in [1.54, 1.807) is 0 Å². The molecule has 2 rings (SSSR count). The molecule has 0 saturated carbocycles. The quantitative estimate of drug-likeness (QED) is 0.670. The Labute approximate surface area is 91.0 Å². The Morgan fingerprint density at radius 2 is 2.20 bits per heavy atom. The van der Waals surface area contributed by atoms with Gasteiger partial charge in [-0.05, 0) is 18.9 Å². The molecular formula is C11H20N2O2. The number of rotatable bonds is 1. The van der Waals surface area contributed by atoms with Gasteiger partial charge in [0.15, 0.2) is 0 Å². The van der Waals surface area contributed by atoms with Crippen LogP contribution in [0.4, 0.5) is 0 Å². The minimum absolute atomic E-state index is 0.183. The van der Waals surface area contributed by atoms with E-state index in [0.717, 1.165) is 39.2 Å². The first-order valence-electron chi connectivity index (χ1n) is 5.86. The predicted octanol–water partition coefficient (Wildman–Crippen LogP) is 0.0908. The highest BCUT2D eigenvalue weighted by Gasteiger charge is 2.32. The average Bonchev–Trinajstić information content (AvgIpc) is 2.53. The number of hydrogen-bond donors (Lipinski definition) is 1. The molecule has 0 aromatic carbocycles. The molecule has 2 saturated heterocycles. The SMILES string of the molecule is C[C@@H]1CNC[C@H]1C(=O)N1CCCOCC1. The lowest BCUT2D eigenvalue weighted by Gasteiger charge is -2.24. The first kappa shape index (κ1) is 10.9. The average molecular weight is 212 g/mol. The number of nitrogens with zero attached hydrogens (tertiary/aromatic N) is 1. The van der Waals surface area contributed by atoms with Crippen LogP contribution in [0.2, 0.25) is 0 Å². The highest BCUT2D eigenvalue weighted by atomic mass is 16.5. The van der Waals surface area contributed by atoms with E-state index in [1.807, 2.05) is 4.90 Å². The molecule has 0 radical (unpaired) electrons. The summed E-state index contributed by atoms with van der Waals surface area (Å²) in [7, 11) is 0. The fourth-order valence-electron chi connectivity index (χ4n) is 2.34. The molecule has 2 atom stereocenters. The van der Waals surface area contributed by atoms with E-state index >= 15 is 0 Å². The second-order valence-corrected chi connectivity index (χ2v) is 4.53. The number of nitrogens with one attached hydrogen (secondary N) is 1. The van der Waals surface area contributed by atoms with Gasteiger partial charge in [0, 0.05) is 26.2 Å². The first-order valence-corrected chi connectivity index (χ1v) is 5.86. The van der Waals surface area contributed by atoms with Crippen LogP contribution in [0.25, 0.3) is 0 Å². The molecule has 4 heteroatoms. The summed E-state index contributed by atoms with van der Waals surface area (Å²) in [6.45, 7) is 7.08. The molecule has 0 spiro atoms. The lowest BCUT2D eigenvalue weighted by atomic mass is 9.96. The van der Waals surface area contributed by atoms with Gasteiger partial charge in [-0.1, -0.05) is 6.92 Å². The van der Waals surface area contributed by atoms with Gasteiger partial charge in [-0.2, -0.15) is 0 Å². The molecule has 2 aliphatic rings. The van der Waals surface area contributed by atoms with Gasteiger partial charge < -0.3 is 15.0 Å². The minimum atomic E-state index is 0.183. The van der Waals surface area contributed by atoms with E-state index in [1.165, 1.54) is 0 Å². The Bertz CT molecular complexity index is 225. The molecule has 0 aliphatic carbocycles. The molecule has 0 bridgehead atoms. The van der Waals surface area contributed by atoms with Gasteiger partial charge in [-0.25, -0.2) is 0 Å². The Balaban J connectivity index is 1.93. The Morgan fingerprint density at radius 1 is 1.33 bits per heavy atom. The van der Waals surface area contributed by atoms with Gasteiger partial charge in [-0.3, -0.25) is 4.79 Å². The van der Waals surface area contributed by atoms with Crippen LogP contribution >= 0.6 is 0 Å². The van der Waals surface area contributed by atoms with E-state index in [2.05, 4.69) is 12.2 Å². The number of ether oxygens (including phenoxy) is 1. The van der Waals surface area contributed by atoms with Crippen molar-refractivity contribution in [2.24, 2.45) is 11.8 Å². The van der Waals surface area contributed by atoms with Gasteiger partial charge in [-0.15, -0.1) is 0 Å². The van der Waals surface area contributed by atoms with Gasteiger partial charge >= 0.3 is 0 Å². The van der Waals surface area contributed by atoms with E-state index in [4.69, 9.17) is 4.74 Å². The van der Waals surface area contributed by atoms with Crippen molar-refractivity contribution < 1.29 is 9.53 Å². The zero-order chi connectivity index (χ0) is 10.7. The zero-order valence-corrected chi connectivity index (χ0v) is 9.37. The third kappa shape index (κ3) is 2.49. The first-order chi connectivity index (χ1) is 7.29. The normalized spacial score (nSPS) is 32.7. The molecule has 0 unspecified atom stereocenters. The van der Waals surface area contributed by atoms with Crippen molar-refractivity contribution in [3.63, 3.8) is 0 Å². The molecule has 15 heavy (non-hydrogen) atoms. The zero-order valence-electron chi connectivity index (χ0n) is 9.37. The third-order valence-corrected chi connectivity index (χ3v) is 3.37. The molecule has 1 amide bonds. The number of hydrogen-bond acceptors (Lipinski definition) is 3. The monoisotopic (exact) mass is 212 g/mol. The number of carbonyl (C=O) groups excluding carboxylic acids is 1. The highest BCUT2D eigenvalue weighted by Crippen LogP contribution is 2.19. The third-order valence-electron chi connectivity index (χ3n) is 3.37. The van der Waals surface area contributed by atoms with Crippen LogP contribution < -0.4 is 5.32 Å². The summed E-state index contributed by atoms with van der Waals surface area (Å²) in [5.41, 5.74) is 0. The lowest BCUT2D eigenvalue weighted by Crippen LogP contribution is -2.40. The van der Waals surface area contributed by atoms with Crippen molar-refractivity contribution in [1.82, 2.24) is 10.2 Å². The lowest BCUT2D eigenvalue weighted by molar-refractivity contribution is -0.136. The number of amides is 1. The Hall–Kier alpha value is -0.610. The van der Waals surface area contributed by atoms with Crippen LogP contribution in [-0.4, -0.2) is 50.2 Å². The van der Waals surface area contributed by atoms with Crippen LogP contribution in [0.3, 0.4) is 0 Å². The summed E-state index contributed by atoms with van der Waals surface area (Å²) in [4.78, 5) is 14.2. The molecule has 0 aromatic heterocycles. The fourth-order valence-corrected chi connectivity index (χ4v) is 2.34. The van der Waals surface area contributed by atoms with Crippen molar-refractivity contribution in [2.45, 2.75) is 13.3 Å². The van der Waals surface area contributed by atoms with Gasteiger partial charge in [0.25, 0.3) is 0 Å². The second kappa shape index (κ2) is 4.94. The van der Waals surface area contributed by atoms with Crippen molar-refractivity contribution in [1.29, 1.82) is 0 Å². The van der Waals surface area contributed by atoms with Crippen molar-refractivity contribution >= 4 is 5.91 Å². The van der Waals surface area contributed by atoms with Crippen molar-refractivity contribution in [2.75, 3.05) is 39.4 Å². The van der Waals surface area contributed by atoms with E-state index in [-0.39, 0.29) is 5.92 Å². The Morgan fingerprint density at radius 3 is 2.93 bits per heavy atom. The minimum Gasteiger partial charge on any atom is -0.380 e. The standard InChI is InChI=1S/C11H20N2O2/c1-9-7-12-8-10(9)11(14)13-3-2-5-15-6-4-13/h9-10,12H,2-8H2,1H3/t9-,10-/m1/s1. The molecule has 2 aliphatic heterocycles. The summed E-state index contributed by atoms with van der Waals surface area (Å²) in [6, 6.07) is 0. The van der Waals surface area contributed by atoms with Crippen LogP contribution in [0, 0.1) is 11.8 Å². The highest BCUT2D eigenvalue weighted by molar-refractivity contribution is 5.79. The molecule has 2 heterocycles. The Kier molecular flexibility index (Phi) is 3.59. The maximum Gasteiger partial charge on any atom is 0.227 e. The number of carbonyl (C=O) groups is 1. The second-order valence-electron chi connectivity index (χ2n) is 4.53. The van der Waals surface area contributed by atoms with Crippen molar-refractivity contribution in [3.05, 3.63) is 0 Å². The largest absolute Gasteiger partial charge is 0.380 e. The molecular weight excluding hydrogens is 192 g/mol. The van der Waals surface area contributed by atoms with E-state index in [0.29, 0.717) is 18.4 Å². The summed E-state index contributed by atoms with van der Waals surface area (Å²) in [6.07, 6.45) is 0.972. The topological polar surface area (TPSA) is 41.6 Å². The summed E-state index contributed by atoms with van der Waals surface area (Å²) in [5.74, 6) is 0.975. The van der Waals surface area contributed by atoms with Gasteiger partial charge in [0.05, 0.1) is 12.5 Å². The van der Waals surface area contributed by atoms with Crippen LogP contribution in [-0.2, 0) is 9.53 Å². The molecule has 1 N–H and O–H groups in total. The molecule has 2 fully saturated rings. The predicted molar refractivity (Wildman–Crippen MR) is 57.5 cm³/mol. The van der Waals surface area contributed by atoms with Crippen molar-refractivity contribution in [3.8, 4) is 0 Å². The summed E-state index contributed by atoms with van der Waals surface area (Å²) in [5, 5.41) is 3.28. The maximum atomic E-state index is 12.2. The van der Waals surface area contributed by atoms with E-state index < -0.39 is 0 Å². The summed E-state index contributed by atoms with van der Waals surface area (Å²) >= 11 is 0. The van der Waals surface area contributed by atoms with Crippen LogP contribution in [0.5, 0.6) is 0 Å². The van der Waals surface area contributed by atoms with Crippen LogP contribution in [0.15, 0.2) is 0 Å². The fraction of sp³-hybridized carbons (Fsp3) is 0.909. The van der Waals surface area contributed by atoms with Crippen LogP contribution in [0.1, 0.15) is 13.3 Å². The van der Waals surface area contributed by atoms with E-state index in [9.17, 15) is 4.79 Å². The van der Waals surface area contributed by atoms with Gasteiger partial charge in [0.1, 0.15) is 0 Å². The molecule has 86 valence electrons. The molecule has 4 nitrogen and oxygen atoms in total.